The van der Waals surface area contributed by atoms with Crippen LogP contribution in [0.3, 0.4) is 0 Å². The highest BCUT2D eigenvalue weighted by Gasteiger charge is 2.34. The molecule has 176 valence electrons. The molecule has 3 rings (SSSR count). The molecule has 0 fully saturated rings. The molecule has 0 unspecified atom stereocenters. The molecule has 1 atom stereocenters. The number of hydrogen-bond donors (Lipinski definition) is 0. The standard InChI is InChI=1S/C24H28FN3O5/c1-31-13-12-27(24(30)16-32-2)15-23(29)28-22(18-6-10-20(33-3)11-7-18)14-21(26-28)17-4-8-19(25)9-5-17/h4-11,22H,12-16H2,1-3H3/t22-/m0/s1. The topological polar surface area (TPSA) is 80.7 Å². The second-order valence-electron chi connectivity index (χ2n) is 7.53. The molecule has 0 N–H and O–H groups in total. The fourth-order valence-electron chi connectivity index (χ4n) is 3.59. The van der Waals surface area contributed by atoms with Crippen LogP contribution in [-0.2, 0) is 19.1 Å². The lowest BCUT2D eigenvalue weighted by atomic mass is 9.98. The van der Waals surface area contributed by atoms with E-state index in [1.165, 1.54) is 36.3 Å². The summed E-state index contributed by atoms with van der Waals surface area (Å²) in [6.45, 7) is 0.232. The van der Waals surface area contributed by atoms with Crippen molar-refractivity contribution in [1.29, 1.82) is 0 Å². The molecule has 33 heavy (non-hydrogen) atoms. The molecule has 0 aliphatic carbocycles. The largest absolute Gasteiger partial charge is 0.497 e. The van der Waals surface area contributed by atoms with Crippen molar-refractivity contribution in [3.63, 3.8) is 0 Å². The van der Waals surface area contributed by atoms with E-state index in [1.807, 2.05) is 24.3 Å². The third-order valence-electron chi connectivity index (χ3n) is 5.36. The van der Waals surface area contributed by atoms with Crippen LogP contribution >= 0.6 is 0 Å². The van der Waals surface area contributed by atoms with Gasteiger partial charge in [0, 0.05) is 27.2 Å². The lowest BCUT2D eigenvalue weighted by molar-refractivity contribution is -0.144. The number of rotatable bonds is 10. The highest BCUT2D eigenvalue weighted by atomic mass is 19.1. The van der Waals surface area contributed by atoms with Gasteiger partial charge in [-0.3, -0.25) is 9.59 Å². The monoisotopic (exact) mass is 457 g/mol. The van der Waals surface area contributed by atoms with Gasteiger partial charge in [-0.15, -0.1) is 0 Å². The van der Waals surface area contributed by atoms with E-state index in [4.69, 9.17) is 14.2 Å². The van der Waals surface area contributed by atoms with Gasteiger partial charge in [0.1, 0.15) is 24.7 Å². The van der Waals surface area contributed by atoms with Gasteiger partial charge in [0.15, 0.2) is 0 Å². The highest BCUT2D eigenvalue weighted by molar-refractivity contribution is 6.03. The van der Waals surface area contributed by atoms with E-state index in [2.05, 4.69) is 5.10 Å². The van der Waals surface area contributed by atoms with Gasteiger partial charge >= 0.3 is 0 Å². The summed E-state index contributed by atoms with van der Waals surface area (Å²) in [5.41, 5.74) is 2.27. The predicted molar refractivity (Wildman–Crippen MR) is 120 cm³/mol. The summed E-state index contributed by atoms with van der Waals surface area (Å²) < 4.78 is 28.7. The van der Waals surface area contributed by atoms with E-state index >= 15 is 0 Å². The number of nitrogens with zero attached hydrogens (tertiary/aromatic N) is 3. The van der Waals surface area contributed by atoms with Crippen LogP contribution in [0.2, 0.25) is 0 Å². The van der Waals surface area contributed by atoms with Gasteiger partial charge in [-0.05, 0) is 35.4 Å². The van der Waals surface area contributed by atoms with Gasteiger partial charge in [0.2, 0.25) is 5.91 Å². The fraction of sp³-hybridized carbons (Fsp3) is 0.375. The number of amides is 2. The van der Waals surface area contributed by atoms with Crippen molar-refractivity contribution in [2.24, 2.45) is 5.10 Å². The van der Waals surface area contributed by atoms with Crippen molar-refractivity contribution in [3.05, 3.63) is 65.5 Å². The minimum Gasteiger partial charge on any atom is -0.497 e. The normalized spacial score (nSPS) is 15.3. The number of methoxy groups -OCH3 is 3. The number of hydrazone groups is 1. The average molecular weight is 458 g/mol. The minimum absolute atomic E-state index is 0.136. The molecule has 0 spiro atoms. The molecular formula is C24H28FN3O5. The van der Waals surface area contributed by atoms with Crippen molar-refractivity contribution in [1.82, 2.24) is 9.91 Å². The molecule has 0 bridgehead atoms. The summed E-state index contributed by atoms with van der Waals surface area (Å²) in [6.07, 6.45) is 0.452. The van der Waals surface area contributed by atoms with Crippen molar-refractivity contribution < 1.29 is 28.2 Å². The molecule has 1 heterocycles. The summed E-state index contributed by atoms with van der Waals surface area (Å²) in [6, 6.07) is 13.0. The summed E-state index contributed by atoms with van der Waals surface area (Å²) in [4.78, 5) is 27.1. The summed E-state index contributed by atoms with van der Waals surface area (Å²) >= 11 is 0. The Morgan fingerprint density at radius 3 is 2.36 bits per heavy atom. The van der Waals surface area contributed by atoms with Crippen LogP contribution in [0.15, 0.2) is 53.6 Å². The van der Waals surface area contributed by atoms with Crippen LogP contribution < -0.4 is 4.74 Å². The van der Waals surface area contributed by atoms with Crippen molar-refractivity contribution >= 4 is 17.5 Å². The molecule has 1 aliphatic heterocycles. The zero-order valence-electron chi connectivity index (χ0n) is 19.0. The number of halogens is 1. The molecule has 9 heteroatoms. The Bertz CT molecular complexity index is 979. The van der Waals surface area contributed by atoms with E-state index in [0.29, 0.717) is 17.9 Å². The van der Waals surface area contributed by atoms with Crippen molar-refractivity contribution in [2.75, 3.05) is 47.6 Å². The number of ether oxygens (including phenoxy) is 3. The Balaban J connectivity index is 1.88. The zero-order valence-corrected chi connectivity index (χ0v) is 19.0. The first-order valence-corrected chi connectivity index (χ1v) is 10.5. The van der Waals surface area contributed by atoms with Crippen LogP contribution in [0.1, 0.15) is 23.6 Å². The lowest BCUT2D eigenvalue weighted by Gasteiger charge is -2.27. The van der Waals surface area contributed by atoms with Gasteiger partial charge in [-0.25, -0.2) is 9.40 Å². The number of hydrogen-bond acceptors (Lipinski definition) is 6. The van der Waals surface area contributed by atoms with Crippen LogP contribution in [-0.4, -0.2) is 75.1 Å². The third-order valence-corrected chi connectivity index (χ3v) is 5.36. The van der Waals surface area contributed by atoms with E-state index in [-0.39, 0.29) is 50.0 Å². The Kier molecular flexibility index (Phi) is 8.51. The smallest absolute Gasteiger partial charge is 0.262 e. The molecule has 2 aromatic carbocycles. The van der Waals surface area contributed by atoms with Crippen LogP contribution in [0, 0.1) is 5.82 Å². The molecule has 1 aliphatic rings. The van der Waals surface area contributed by atoms with Gasteiger partial charge < -0.3 is 19.1 Å². The van der Waals surface area contributed by atoms with E-state index in [9.17, 15) is 14.0 Å². The molecule has 2 aromatic rings. The molecule has 0 radical (unpaired) electrons. The summed E-state index contributed by atoms with van der Waals surface area (Å²) in [5, 5.41) is 5.98. The Hall–Kier alpha value is -3.30. The third kappa shape index (κ3) is 6.15. The van der Waals surface area contributed by atoms with Gasteiger partial charge in [0.25, 0.3) is 5.91 Å². The first-order chi connectivity index (χ1) is 16.0. The summed E-state index contributed by atoms with van der Waals surface area (Å²) in [7, 11) is 4.54. The maximum atomic E-state index is 13.4. The summed E-state index contributed by atoms with van der Waals surface area (Å²) in [5.74, 6) is -0.299. The van der Waals surface area contributed by atoms with E-state index in [1.54, 1.807) is 19.2 Å². The van der Waals surface area contributed by atoms with Gasteiger partial charge in [-0.1, -0.05) is 24.3 Å². The van der Waals surface area contributed by atoms with Crippen molar-refractivity contribution in [3.8, 4) is 5.75 Å². The van der Waals surface area contributed by atoms with Crippen LogP contribution in [0.4, 0.5) is 4.39 Å². The molecule has 2 amide bonds. The highest BCUT2D eigenvalue weighted by Crippen LogP contribution is 2.33. The molecule has 0 saturated heterocycles. The van der Waals surface area contributed by atoms with E-state index < -0.39 is 0 Å². The Labute approximate surface area is 192 Å². The SMILES string of the molecule is COCCN(CC(=O)N1N=C(c2ccc(F)cc2)C[C@H]1c1ccc(OC)cc1)C(=O)COC. The maximum absolute atomic E-state index is 13.4. The Morgan fingerprint density at radius 2 is 1.76 bits per heavy atom. The Morgan fingerprint density at radius 1 is 1.06 bits per heavy atom. The quantitative estimate of drug-likeness (QED) is 0.548. The fourth-order valence-corrected chi connectivity index (χ4v) is 3.59. The number of benzene rings is 2. The zero-order chi connectivity index (χ0) is 23.8. The second-order valence-corrected chi connectivity index (χ2v) is 7.53. The van der Waals surface area contributed by atoms with Crippen LogP contribution in [0.5, 0.6) is 5.75 Å². The first kappa shape index (κ1) is 24.3. The number of carbonyl (C=O) groups excluding carboxylic acids is 2. The predicted octanol–water partition coefficient (Wildman–Crippen LogP) is 2.63. The molecular weight excluding hydrogens is 429 g/mol. The van der Waals surface area contributed by atoms with Gasteiger partial charge in [-0.2, -0.15) is 5.10 Å². The minimum atomic E-state index is -0.370. The van der Waals surface area contributed by atoms with Crippen molar-refractivity contribution in [2.45, 2.75) is 12.5 Å². The molecule has 0 saturated carbocycles. The molecule has 0 aromatic heterocycles. The van der Waals surface area contributed by atoms with Gasteiger partial charge in [0.05, 0.1) is 25.5 Å². The lowest BCUT2D eigenvalue weighted by Crippen LogP contribution is -2.44. The van der Waals surface area contributed by atoms with E-state index in [0.717, 1.165) is 11.1 Å². The number of carbonyl (C=O) groups is 2. The second kappa shape index (κ2) is 11.5. The van der Waals surface area contributed by atoms with Crippen LogP contribution in [0.25, 0.3) is 0 Å². The maximum Gasteiger partial charge on any atom is 0.262 e. The first-order valence-electron chi connectivity index (χ1n) is 10.5. The average Bonchev–Trinajstić information content (AvgIpc) is 3.28. The molecule has 8 nitrogen and oxygen atoms in total.